The predicted octanol–water partition coefficient (Wildman–Crippen LogP) is 5.38. The lowest BCUT2D eigenvalue weighted by Crippen LogP contribution is -2.12. The molecule has 158 valence electrons. The van der Waals surface area contributed by atoms with Crippen molar-refractivity contribution in [2.45, 2.75) is 20.5 Å². The molecule has 0 aliphatic carbocycles. The Morgan fingerprint density at radius 2 is 1.90 bits per heavy atom. The van der Waals surface area contributed by atoms with Gasteiger partial charge in [-0.2, -0.15) is 8.78 Å². The van der Waals surface area contributed by atoms with Crippen LogP contribution in [0.15, 0.2) is 42.5 Å². The van der Waals surface area contributed by atoms with Gasteiger partial charge in [-0.05, 0) is 56.3 Å². The molecule has 0 aliphatic rings. The number of methoxy groups -OCH3 is 1. The molecular formula is C21H20F2N2O4S. The molecule has 2 aromatic carbocycles. The first-order valence-corrected chi connectivity index (χ1v) is 9.87. The number of carbonyl (C=O) groups excluding carboxylic acids is 1. The van der Waals surface area contributed by atoms with E-state index in [-0.39, 0.29) is 11.7 Å². The smallest absolute Gasteiger partial charge is 0.387 e. The van der Waals surface area contributed by atoms with Crippen LogP contribution in [0.4, 0.5) is 13.9 Å². The van der Waals surface area contributed by atoms with E-state index in [1.54, 1.807) is 30.3 Å². The normalized spacial score (nSPS) is 10.7. The van der Waals surface area contributed by atoms with Crippen molar-refractivity contribution in [1.29, 1.82) is 0 Å². The number of nitrogens with one attached hydrogen (secondary N) is 1. The Morgan fingerprint density at radius 1 is 1.17 bits per heavy atom. The quantitative estimate of drug-likeness (QED) is 0.516. The van der Waals surface area contributed by atoms with Crippen molar-refractivity contribution in [3.8, 4) is 28.5 Å². The number of benzene rings is 2. The van der Waals surface area contributed by atoms with E-state index in [9.17, 15) is 13.6 Å². The maximum atomic E-state index is 12.6. The number of aromatic nitrogens is 1. The molecule has 0 atom stereocenters. The fourth-order valence-electron chi connectivity index (χ4n) is 2.77. The highest BCUT2D eigenvalue weighted by atomic mass is 32.1. The predicted molar refractivity (Wildman–Crippen MR) is 111 cm³/mol. The Morgan fingerprint density at radius 3 is 2.53 bits per heavy atom. The molecule has 0 saturated heterocycles. The van der Waals surface area contributed by atoms with Crippen molar-refractivity contribution in [2.75, 3.05) is 19.0 Å². The minimum absolute atomic E-state index is 0.0692. The van der Waals surface area contributed by atoms with E-state index in [4.69, 9.17) is 9.47 Å². The number of halogens is 2. The number of rotatable bonds is 8. The van der Waals surface area contributed by atoms with Gasteiger partial charge in [0.2, 0.25) is 0 Å². The summed E-state index contributed by atoms with van der Waals surface area (Å²) in [5.41, 5.74) is 1.79. The van der Waals surface area contributed by atoms with Crippen LogP contribution in [-0.4, -0.2) is 31.2 Å². The molecule has 0 saturated carbocycles. The van der Waals surface area contributed by atoms with Crippen LogP contribution in [0.1, 0.15) is 22.2 Å². The summed E-state index contributed by atoms with van der Waals surface area (Å²) in [5.74, 6) is 0.758. The lowest BCUT2D eigenvalue weighted by molar-refractivity contribution is -0.0498. The van der Waals surface area contributed by atoms with Crippen molar-refractivity contribution in [1.82, 2.24) is 4.98 Å². The molecule has 3 rings (SSSR count). The van der Waals surface area contributed by atoms with Gasteiger partial charge in [-0.1, -0.05) is 0 Å². The van der Waals surface area contributed by atoms with Gasteiger partial charge in [0, 0.05) is 16.0 Å². The summed E-state index contributed by atoms with van der Waals surface area (Å²) >= 11 is 1.32. The van der Waals surface area contributed by atoms with Gasteiger partial charge in [-0.15, -0.1) is 11.3 Å². The zero-order valence-electron chi connectivity index (χ0n) is 16.6. The second kappa shape index (κ2) is 9.53. The molecule has 0 aliphatic heterocycles. The van der Waals surface area contributed by atoms with Crippen LogP contribution in [0.5, 0.6) is 17.2 Å². The number of hydrogen-bond acceptors (Lipinski definition) is 6. The van der Waals surface area contributed by atoms with Crippen LogP contribution < -0.4 is 19.5 Å². The zero-order valence-corrected chi connectivity index (χ0v) is 17.4. The first-order valence-electron chi connectivity index (χ1n) is 9.06. The molecular weight excluding hydrogens is 414 g/mol. The van der Waals surface area contributed by atoms with Crippen LogP contribution in [-0.2, 0) is 0 Å². The van der Waals surface area contributed by atoms with E-state index in [2.05, 4.69) is 15.0 Å². The third-order valence-electron chi connectivity index (χ3n) is 4.10. The average molecular weight is 434 g/mol. The monoisotopic (exact) mass is 434 g/mol. The highest BCUT2D eigenvalue weighted by molar-refractivity contribution is 7.16. The third kappa shape index (κ3) is 5.04. The molecule has 1 heterocycles. The number of nitrogens with zero attached hydrogens (tertiary/aromatic N) is 1. The van der Waals surface area contributed by atoms with Gasteiger partial charge >= 0.3 is 6.61 Å². The van der Waals surface area contributed by atoms with Gasteiger partial charge in [-0.3, -0.25) is 10.1 Å². The van der Waals surface area contributed by atoms with Crippen LogP contribution in [0.2, 0.25) is 0 Å². The first-order chi connectivity index (χ1) is 14.4. The second-order valence-corrected chi connectivity index (χ2v) is 7.28. The first kappa shape index (κ1) is 21.5. The summed E-state index contributed by atoms with van der Waals surface area (Å²) in [6.07, 6.45) is 0. The minimum atomic E-state index is -2.88. The van der Waals surface area contributed by atoms with E-state index in [1.807, 2.05) is 13.8 Å². The van der Waals surface area contributed by atoms with E-state index in [0.29, 0.717) is 34.5 Å². The number of alkyl halides is 2. The number of thiazole rings is 1. The standard InChI is InChI=1S/C21H20F2N2O4S/c1-4-28-17-11-14(7-10-16(17)27-3)19(26)25-21-24-18(12(2)30-21)13-5-8-15(9-6-13)29-20(22)23/h5-11,20H,4H2,1-3H3,(H,24,25,26). The van der Waals surface area contributed by atoms with E-state index < -0.39 is 6.61 Å². The highest BCUT2D eigenvalue weighted by Crippen LogP contribution is 2.32. The Hall–Kier alpha value is -3.20. The molecule has 3 aromatic rings. The average Bonchev–Trinajstić information content (AvgIpc) is 3.08. The van der Waals surface area contributed by atoms with Crippen LogP contribution in [0, 0.1) is 6.92 Å². The number of amides is 1. The summed E-state index contributed by atoms with van der Waals surface area (Å²) in [7, 11) is 1.53. The Bertz CT molecular complexity index is 1020. The minimum Gasteiger partial charge on any atom is -0.493 e. The van der Waals surface area contributed by atoms with Crippen molar-refractivity contribution in [3.63, 3.8) is 0 Å². The molecule has 9 heteroatoms. The van der Waals surface area contributed by atoms with Crippen LogP contribution in [0.25, 0.3) is 11.3 Å². The van der Waals surface area contributed by atoms with Crippen molar-refractivity contribution in [3.05, 3.63) is 52.9 Å². The molecule has 6 nitrogen and oxygen atoms in total. The maximum absolute atomic E-state index is 12.6. The summed E-state index contributed by atoms with van der Waals surface area (Å²) in [5, 5.41) is 3.21. The van der Waals surface area contributed by atoms with E-state index >= 15 is 0 Å². The van der Waals surface area contributed by atoms with E-state index in [0.717, 1.165) is 10.4 Å². The lowest BCUT2D eigenvalue weighted by atomic mass is 10.1. The highest BCUT2D eigenvalue weighted by Gasteiger charge is 2.16. The fourth-order valence-corrected chi connectivity index (χ4v) is 3.60. The van der Waals surface area contributed by atoms with Crippen molar-refractivity contribution in [2.24, 2.45) is 0 Å². The number of hydrogen-bond donors (Lipinski definition) is 1. The third-order valence-corrected chi connectivity index (χ3v) is 4.98. The van der Waals surface area contributed by atoms with Gasteiger partial charge in [-0.25, -0.2) is 4.98 Å². The topological polar surface area (TPSA) is 69.7 Å². The molecule has 1 N–H and O–H groups in total. The molecule has 0 bridgehead atoms. The van der Waals surface area contributed by atoms with E-state index in [1.165, 1.54) is 30.6 Å². The lowest BCUT2D eigenvalue weighted by Gasteiger charge is -2.10. The molecule has 0 fully saturated rings. The number of carbonyl (C=O) groups is 1. The van der Waals surface area contributed by atoms with Crippen molar-refractivity contribution >= 4 is 22.4 Å². The number of anilines is 1. The Labute approximate surface area is 176 Å². The maximum Gasteiger partial charge on any atom is 0.387 e. The van der Waals surface area contributed by atoms with Gasteiger partial charge < -0.3 is 14.2 Å². The number of ether oxygens (including phenoxy) is 3. The summed E-state index contributed by atoms with van der Waals surface area (Å²) in [6.45, 7) is 1.28. The number of aryl methyl sites for hydroxylation is 1. The van der Waals surface area contributed by atoms with Gasteiger partial charge in [0.05, 0.1) is 19.4 Å². The molecule has 1 amide bonds. The molecule has 1 aromatic heterocycles. The SMILES string of the molecule is CCOc1cc(C(=O)Nc2nc(-c3ccc(OC(F)F)cc3)c(C)s2)ccc1OC. The van der Waals surface area contributed by atoms with Gasteiger partial charge in [0.1, 0.15) is 5.75 Å². The summed E-state index contributed by atoms with van der Waals surface area (Å²) in [6, 6.07) is 11.1. The molecule has 0 radical (unpaired) electrons. The molecule has 30 heavy (non-hydrogen) atoms. The van der Waals surface area contributed by atoms with Crippen molar-refractivity contribution < 1.29 is 27.8 Å². The van der Waals surface area contributed by atoms with Crippen LogP contribution >= 0.6 is 11.3 Å². The van der Waals surface area contributed by atoms with Gasteiger partial charge in [0.15, 0.2) is 16.6 Å². The Kier molecular flexibility index (Phi) is 6.83. The van der Waals surface area contributed by atoms with Crippen LogP contribution in [0.3, 0.4) is 0 Å². The second-order valence-electron chi connectivity index (χ2n) is 6.08. The van der Waals surface area contributed by atoms with Gasteiger partial charge in [0.25, 0.3) is 5.91 Å². The zero-order chi connectivity index (χ0) is 21.7. The summed E-state index contributed by atoms with van der Waals surface area (Å²) in [4.78, 5) is 18.0. The molecule has 0 spiro atoms. The summed E-state index contributed by atoms with van der Waals surface area (Å²) < 4.78 is 39.7. The largest absolute Gasteiger partial charge is 0.493 e. The molecule has 0 unspecified atom stereocenters. The Balaban J connectivity index is 1.77. The fraction of sp³-hybridized carbons (Fsp3) is 0.238.